The quantitative estimate of drug-likeness (QED) is 0.762. The van der Waals surface area contributed by atoms with Crippen LogP contribution in [-0.4, -0.2) is 33.9 Å². The van der Waals surface area contributed by atoms with E-state index in [1.807, 2.05) is 0 Å². The zero-order valence-electron chi connectivity index (χ0n) is 10.3. The van der Waals surface area contributed by atoms with Crippen LogP contribution in [0.1, 0.15) is 31.4 Å². The second-order valence-corrected chi connectivity index (χ2v) is 4.27. The summed E-state index contributed by atoms with van der Waals surface area (Å²) in [5.41, 5.74) is 0. The van der Waals surface area contributed by atoms with E-state index in [0.717, 1.165) is 24.6 Å². The van der Waals surface area contributed by atoms with Crippen molar-refractivity contribution in [3.05, 3.63) is 11.6 Å². The monoisotopic (exact) mass is 238 g/mol. The number of hydrogen-bond acceptors (Lipinski definition) is 5. The molecule has 6 nitrogen and oxygen atoms in total. The van der Waals surface area contributed by atoms with Crippen LogP contribution in [-0.2, 0) is 29.0 Å². The van der Waals surface area contributed by atoms with Gasteiger partial charge in [-0.05, 0) is 19.8 Å². The number of hydrogen-bond donors (Lipinski definition) is 1. The number of carbonyl (C=O) groups excluding carboxylic acids is 1. The van der Waals surface area contributed by atoms with Crippen LogP contribution in [0.15, 0.2) is 0 Å². The summed E-state index contributed by atoms with van der Waals surface area (Å²) in [6, 6.07) is -0.323. The minimum absolute atomic E-state index is 0.261. The molecule has 17 heavy (non-hydrogen) atoms. The van der Waals surface area contributed by atoms with Crippen LogP contribution in [0.2, 0.25) is 0 Å². The van der Waals surface area contributed by atoms with Gasteiger partial charge in [-0.1, -0.05) is 0 Å². The molecule has 2 rings (SSSR count). The van der Waals surface area contributed by atoms with Gasteiger partial charge in [-0.25, -0.2) is 0 Å². The first kappa shape index (κ1) is 12.0. The number of ether oxygens (including phenoxy) is 1. The Balaban J connectivity index is 1.95. The number of nitrogens with zero attached hydrogens (tertiary/aromatic N) is 3. The summed E-state index contributed by atoms with van der Waals surface area (Å²) < 4.78 is 6.79. The Bertz CT molecular complexity index is 402. The maximum absolute atomic E-state index is 11.2. The van der Waals surface area contributed by atoms with Gasteiger partial charge in [-0.3, -0.25) is 10.1 Å². The Morgan fingerprint density at radius 2 is 2.35 bits per heavy atom. The molecule has 0 fully saturated rings. The summed E-state index contributed by atoms with van der Waals surface area (Å²) in [4.78, 5) is 11.2. The molecule has 0 saturated carbocycles. The highest BCUT2D eigenvalue weighted by Gasteiger charge is 2.17. The number of aromatic nitrogens is 3. The molecule has 6 heteroatoms. The number of carbonyl (C=O) groups is 1. The largest absolute Gasteiger partial charge is 0.468 e. The lowest BCUT2D eigenvalue weighted by atomic mass is 10.2. The molecule has 0 radical (unpaired) electrons. The van der Waals surface area contributed by atoms with Crippen molar-refractivity contribution in [3.8, 4) is 0 Å². The van der Waals surface area contributed by atoms with E-state index >= 15 is 0 Å². The second-order valence-electron chi connectivity index (χ2n) is 4.27. The molecular formula is C11H18N4O2. The predicted molar refractivity (Wildman–Crippen MR) is 61.3 cm³/mol. The summed E-state index contributed by atoms with van der Waals surface area (Å²) >= 11 is 0. The van der Waals surface area contributed by atoms with E-state index in [9.17, 15) is 4.79 Å². The number of rotatable bonds is 4. The van der Waals surface area contributed by atoms with Crippen LogP contribution < -0.4 is 5.32 Å². The highest BCUT2D eigenvalue weighted by Crippen LogP contribution is 2.13. The molecule has 0 aromatic carbocycles. The zero-order valence-corrected chi connectivity index (χ0v) is 10.3. The van der Waals surface area contributed by atoms with Crippen molar-refractivity contribution in [2.45, 2.75) is 45.3 Å². The molecule has 0 aliphatic carbocycles. The Kier molecular flexibility index (Phi) is 3.73. The average molecular weight is 238 g/mol. The van der Waals surface area contributed by atoms with E-state index in [1.54, 1.807) is 6.92 Å². The third-order valence-corrected chi connectivity index (χ3v) is 3.06. The average Bonchev–Trinajstić information content (AvgIpc) is 2.78. The van der Waals surface area contributed by atoms with Crippen LogP contribution in [0.3, 0.4) is 0 Å². The molecule has 1 aliphatic rings. The molecule has 2 heterocycles. The molecule has 0 bridgehead atoms. The van der Waals surface area contributed by atoms with Gasteiger partial charge in [0.15, 0.2) is 0 Å². The van der Waals surface area contributed by atoms with E-state index in [-0.39, 0.29) is 12.0 Å². The van der Waals surface area contributed by atoms with Crippen LogP contribution in [0.4, 0.5) is 0 Å². The zero-order chi connectivity index (χ0) is 12.3. The van der Waals surface area contributed by atoms with Gasteiger partial charge in [0.05, 0.1) is 13.7 Å². The second kappa shape index (κ2) is 5.27. The van der Waals surface area contributed by atoms with Crippen LogP contribution in [0.5, 0.6) is 0 Å². The van der Waals surface area contributed by atoms with Gasteiger partial charge in [0.2, 0.25) is 0 Å². The number of methoxy groups -OCH3 is 1. The lowest BCUT2D eigenvalue weighted by molar-refractivity contribution is -0.142. The normalized spacial score (nSPS) is 16.4. The van der Waals surface area contributed by atoms with Crippen molar-refractivity contribution >= 4 is 5.97 Å². The van der Waals surface area contributed by atoms with Gasteiger partial charge in [0.25, 0.3) is 0 Å². The fraction of sp³-hybridized carbons (Fsp3) is 0.727. The Morgan fingerprint density at radius 3 is 3.12 bits per heavy atom. The fourth-order valence-corrected chi connectivity index (χ4v) is 2.00. The van der Waals surface area contributed by atoms with Crippen molar-refractivity contribution in [1.82, 2.24) is 20.1 Å². The van der Waals surface area contributed by atoms with Gasteiger partial charge in [0, 0.05) is 13.0 Å². The van der Waals surface area contributed by atoms with E-state index in [2.05, 4.69) is 24.8 Å². The minimum Gasteiger partial charge on any atom is -0.468 e. The van der Waals surface area contributed by atoms with Crippen molar-refractivity contribution < 1.29 is 9.53 Å². The van der Waals surface area contributed by atoms with Crippen molar-refractivity contribution in [3.63, 3.8) is 0 Å². The molecule has 1 aromatic rings. The first-order valence-corrected chi connectivity index (χ1v) is 5.94. The molecule has 1 aromatic heterocycles. The van der Waals surface area contributed by atoms with Gasteiger partial charge in [0.1, 0.15) is 17.7 Å². The molecule has 94 valence electrons. The number of esters is 1. The van der Waals surface area contributed by atoms with Crippen molar-refractivity contribution in [2.75, 3.05) is 7.11 Å². The smallest absolute Gasteiger partial charge is 0.322 e. The highest BCUT2D eigenvalue weighted by molar-refractivity contribution is 5.74. The van der Waals surface area contributed by atoms with Gasteiger partial charge >= 0.3 is 5.97 Å². The molecule has 1 unspecified atom stereocenters. The maximum atomic E-state index is 11.2. The Labute approximate surface area is 100 Å². The summed E-state index contributed by atoms with van der Waals surface area (Å²) in [6.45, 7) is 3.30. The Morgan fingerprint density at radius 1 is 1.53 bits per heavy atom. The molecular weight excluding hydrogens is 220 g/mol. The molecule has 0 saturated heterocycles. The third kappa shape index (κ3) is 2.63. The van der Waals surface area contributed by atoms with E-state index in [4.69, 9.17) is 0 Å². The summed E-state index contributed by atoms with van der Waals surface area (Å²) in [5.74, 6) is 1.69. The molecule has 1 N–H and O–H groups in total. The van der Waals surface area contributed by atoms with Gasteiger partial charge < -0.3 is 9.30 Å². The summed E-state index contributed by atoms with van der Waals surface area (Å²) in [7, 11) is 1.39. The number of aryl methyl sites for hydroxylation is 1. The third-order valence-electron chi connectivity index (χ3n) is 3.06. The lowest BCUT2D eigenvalue weighted by Gasteiger charge is -2.16. The lowest BCUT2D eigenvalue weighted by Crippen LogP contribution is -2.35. The summed E-state index contributed by atoms with van der Waals surface area (Å²) in [5, 5.41) is 11.4. The highest BCUT2D eigenvalue weighted by atomic mass is 16.5. The standard InChI is InChI=1S/C11H18N4O2/c1-8(11(16)17-2)12-7-10-14-13-9-5-3-4-6-15(9)10/h8,12H,3-7H2,1-2H3. The molecule has 0 amide bonds. The molecule has 0 spiro atoms. The first-order valence-electron chi connectivity index (χ1n) is 5.94. The van der Waals surface area contributed by atoms with Crippen molar-refractivity contribution in [2.24, 2.45) is 0 Å². The van der Waals surface area contributed by atoms with Crippen molar-refractivity contribution in [1.29, 1.82) is 0 Å². The van der Waals surface area contributed by atoms with Gasteiger partial charge in [-0.2, -0.15) is 0 Å². The van der Waals surface area contributed by atoms with Crippen LogP contribution in [0, 0.1) is 0 Å². The number of fused-ring (bicyclic) bond motifs is 1. The van der Waals surface area contributed by atoms with Gasteiger partial charge in [-0.15, -0.1) is 10.2 Å². The Hall–Kier alpha value is -1.43. The predicted octanol–water partition coefficient (Wildman–Crippen LogP) is 0.265. The van der Waals surface area contributed by atoms with Crippen LogP contribution >= 0.6 is 0 Å². The topological polar surface area (TPSA) is 69.0 Å². The maximum Gasteiger partial charge on any atom is 0.322 e. The van der Waals surface area contributed by atoms with E-state index in [1.165, 1.54) is 20.0 Å². The first-order chi connectivity index (χ1) is 8.22. The fourth-order valence-electron chi connectivity index (χ4n) is 2.00. The minimum atomic E-state index is -0.323. The van der Waals surface area contributed by atoms with Crippen LogP contribution in [0.25, 0.3) is 0 Å². The summed E-state index contributed by atoms with van der Waals surface area (Å²) in [6.07, 6.45) is 3.36. The molecule has 1 aliphatic heterocycles. The van der Waals surface area contributed by atoms with E-state index in [0.29, 0.717) is 6.54 Å². The number of nitrogens with one attached hydrogen (secondary N) is 1. The molecule has 1 atom stereocenters. The van der Waals surface area contributed by atoms with E-state index < -0.39 is 0 Å². The SMILES string of the molecule is COC(=O)C(C)NCc1nnc2n1CCCC2.